The van der Waals surface area contributed by atoms with Crippen molar-refractivity contribution in [3.8, 4) is 11.4 Å². The lowest BCUT2D eigenvalue weighted by Crippen LogP contribution is -2.47. The number of thiazole rings is 1. The number of anilines is 1. The Hall–Kier alpha value is -3.13. The summed E-state index contributed by atoms with van der Waals surface area (Å²) in [6.07, 6.45) is 1.18. The fourth-order valence-corrected chi connectivity index (χ4v) is 3.27. The van der Waals surface area contributed by atoms with Gasteiger partial charge in [-0.05, 0) is 23.6 Å². The molecule has 3 rings (SSSR count). The molecule has 2 amide bonds. The highest BCUT2D eigenvalue weighted by atomic mass is 32.1. The number of carbonyl (C=O) groups is 2. The predicted molar refractivity (Wildman–Crippen MR) is 109 cm³/mol. The van der Waals surface area contributed by atoms with Crippen LogP contribution in [0.1, 0.15) is 19.4 Å². The molecule has 1 atom stereocenters. The quantitative estimate of drug-likeness (QED) is 0.560. The van der Waals surface area contributed by atoms with Crippen LogP contribution in [0.4, 0.5) is 9.93 Å². The summed E-state index contributed by atoms with van der Waals surface area (Å²) in [5, 5.41) is 7.73. The molecule has 0 aliphatic heterocycles. The van der Waals surface area contributed by atoms with E-state index in [4.69, 9.17) is 4.74 Å². The van der Waals surface area contributed by atoms with E-state index in [2.05, 4.69) is 20.6 Å². The summed E-state index contributed by atoms with van der Waals surface area (Å²) < 4.78 is 5.21. The summed E-state index contributed by atoms with van der Waals surface area (Å²) in [6, 6.07) is 12.4. The zero-order valence-electron chi connectivity index (χ0n) is 15.6. The number of benzene rings is 1. The van der Waals surface area contributed by atoms with Crippen LogP contribution in [0.5, 0.6) is 0 Å². The van der Waals surface area contributed by atoms with Gasteiger partial charge in [0.2, 0.25) is 5.91 Å². The van der Waals surface area contributed by atoms with Crippen molar-refractivity contribution in [3.05, 3.63) is 59.6 Å². The molecule has 0 bridgehead atoms. The van der Waals surface area contributed by atoms with E-state index < -0.39 is 12.1 Å². The summed E-state index contributed by atoms with van der Waals surface area (Å²) in [7, 11) is 0. The average molecular weight is 398 g/mol. The van der Waals surface area contributed by atoms with Gasteiger partial charge in [0.1, 0.15) is 12.6 Å². The number of aromatic amines is 1. The molecule has 0 aliphatic rings. The van der Waals surface area contributed by atoms with Crippen LogP contribution in [0, 0.1) is 5.92 Å². The number of hydrogen-bond donors (Lipinski definition) is 3. The first-order valence-corrected chi connectivity index (χ1v) is 9.78. The number of nitrogens with one attached hydrogen (secondary N) is 3. The minimum absolute atomic E-state index is 0.118. The van der Waals surface area contributed by atoms with Gasteiger partial charge in [0.25, 0.3) is 0 Å². The Bertz CT molecular complexity index is 907. The zero-order chi connectivity index (χ0) is 19.9. The maximum atomic E-state index is 12.6. The minimum Gasteiger partial charge on any atom is -0.445 e. The third-order valence-electron chi connectivity index (χ3n) is 4.04. The van der Waals surface area contributed by atoms with Gasteiger partial charge in [-0.3, -0.25) is 4.79 Å². The third kappa shape index (κ3) is 5.20. The Morgan fingerprint density at radius 3 is 2.64 bits per heavy atom. The number of nitrogens with zero attached hydrogens (tertiary/aromatic N) is 1. The average Bonchev–Trinajstić information content (AvgIpc) is 3.36. The molecular formula is C20H22N4O3S. The van der Waals surface area contributed by atoms with Gasteiger partial charge in [-0.15, -0.1) is 11.3 Å². The van der Waals surface area contributed by atoms with Gasteiger partial charge in [0.05, 0.1) is 11.4 Å². The van der Waals surface area contributed by atoms with Gasteiger partial charge < -0.3 is 20.4 Å². The van der Waals surface area contributed by atoms with Crippen LogP contribution >= 0.6 is 11.3 Å². The minimum atomic E-state index is -0.735. The van der Waals surface area contributed by atoms with Crippen LogP contribution in [0.15, 0.2) is 54.0 Å². The van der Waals surface area contributed by atoms with Crippen molar-refractivity contribution < 1.29 is 14.3 Å². The molecule has 2 heterocycles. The highest BCUT2D eigenvalue weighted by Gasteiger charge is 2.25. The highest BCUT2D eigenvalue weighted by molar-refractivity contribution is 7.14. The molecule has 3 N–H and O–H groups in total. The van der Waals surface area contributed by atoms with E-state index in [1.165, 1.54) is 11.3 Å². The van der Waals surface area contributed by atoms with Crippen molar-refractivity contribution in [2.45, 2.75) is 26.5 Å². The molecule has 3 aromatic rings. The molecule has 1 aromatic carbocycles. The van der Waals surface area contributed by atoms with Crippen LogP contribution in [0.25, 0.3) is 11.4 Å². The number of amides is 2. The molecule has 0 saturated heterocycles. The molecule has 28 heavy (non-hydrogen) atoms. The number of alkyl carbamates (subject to hydrolysis) is 1. The van der Waals surface area contributed by atoms with Crippen LogP contribution < -0.4 is 10.6 Å². The van der Waals surface area contributed by atoms with Gasteiger partial charge in [0.15, 0.2) is 5.13 Å². The SMILES string of the molecule is CC(C)[C@H](NC(=O)OCc1ccccc1)C(=O)Nc1nc(-c2ccc[nH]2)cs1. The molecule has 8 heteroatoms. The van der Waals surface area contributed by atoms with E-state index >= 15 is 0 Å². The van der Waals surface area contributed by atoms with Crippen molar-refractivity contribution in [2.75, 3.05) is 5.32 Å². The van der Waals surface area contributed by atoms with Crippen LogP contribution in [-0.2, 0) is 16.1 Å². The summed E-state index contributed by atoms with van der Waals surface area (Å²) in [5.41, 5.74) is 2.50. The monoisotopic (exact) mass is 398 g/mol. The van der Waals surface area contributed by atoms with Crippen molar-refractivity contribution in [1.82, 2.24) is 15.3 Å². The predicted octanol–water partition coefficient (Wildman–Crippen LogP) is 4.03. The van der Waals surface area contributed by atoms with Crippen molar-refractivity contribution in [2.24, 2.45) is 5.92 Å². The summed E-state index contributed by atoms with van der Waals surface area (Å²) in [6.45, 7) is 3.85. The van der Waals surface area contributed by atoms with E-state index in [1.54, 1.807) is 0 Å². The van der Waals surface area contributed by atoms with E-state index in [0.717, 1.165) is 17.0 Å². The lowest BCUT2D eigenvalue weighted by Gasteiger charge is -2.20. The largest absolute Gasteiger partial charge is 0.445 e. The Kier molecular flexibility index (Phi) is 6.44. The van der Waals surface area contributed by atoms with Crippen LogP contribution in [0.3, 0.4) is 0 Å². The summed E-state index contributed by atoms with van der Waals surface area (Å²) in [5.74, 6) is -0.453. The first kappa shape index (κ1) is 19.6. The number of carbonyl (C=O) groups excluding carboxylic acids is 2. The fourth-order valence-electron chi connectivity index (χ4n) is 2.55. The van der Waals surface area contributed by atoms with Gasteiger partial charge in [-0.2, -0.15) is 0 Å². The lowest BCUT2D eigenvalue weighted by molar-refractivity contribution is -0.119. The second-order valence-electron chi connectivity index (χ2n) is 6.54. The lowest BCUT2D eigenvalue weighted by atomic mass is 10.0. The van der Waals surface area contributed by atoms with Crippen LogP contribution in [-0.4, -0.2) is 28.0 Å². The highest BCUT2D eigenvalue weighted by Crippen LogP contribution is 2.23. The van der Waals surface area contributed by atoms with Gasteiger partial charge in [0, 0.05) is 11.6 Å². The Balaban J connectivity index is 1.57. The molecule has 146 valence electrons. The molecule has 0 aliphatic carbocycles. The van der Waals surface area contributed by atoms with E-state index in [0.29, 0.717) is 5.13 Å². The number of aromatic nitrogens is 2. The molecule has 0 saturated carbocycles. The molecule has 0 unspecified atom stereocenters. The van der Waals surface area contributed by atoms with Gasteiger partial charge in [-0.1, -0.05) is 44.2 Å². The van der Waals surface area contributed by atoms with Crippen molar-refractivity contribution in [1.29, 1.82) is 0 Å². The van der Waals surface area contributed by atoms with E-state index in [1.807, 2.05) is 67.9 Å². The number of H-pyrrole nitrogens is 1. The first-order valence-electron chi connectivity index (χ1n) is 8.90. The molecule has 2 aromatic heterocycles. The molecular weight excluding hydrogens is 376 g/mol. The maximum absolute atomic E-state index is 12.6. The standard InChI is InChI=1S/C20H22N4O3S/c1-13(2)17(23-20(26)27-11-14-7-4-3-5-8-14)18(25)24-19-22-16(12-28-19)15-9-6-10-21-15/h3-10,12-13,17,21H,11H2,1-2H3,(H,23,26)(H,22,24,25)/t17-/m0/s1. The zero-order valence-corrected chi connectivity index (χ0v) is 16.5. The van der Waals surface area contributed by atoms with E-state index in [-0.39, 0.29) is 18.4 Å². The fraction of sp³-hybridized carbons (Fsp3) is 0.250. The smallest absolute Gasteiger partial charge is 0.408 e. The first-order chi connectivity index (χ1) is 13.5. The number of rotatable bonds is 7. The summed E-state index contributed by atoms with van der Waals surface area (Å²) >= 11 is 1.32. The second kappa shape index (κ2) is 9.18. The van der Waals surface area contributed by atoms with E-state index in [9.17, 15) is 9.59 Å². The van der Waals surface area contributed by atoms with Crippen molar-refractivity contribution >= 4 is 28.5 Å². The number of hydrogen-bond acceptors (Lipinski definition) is 5. The topological polar surface area (TPSA) is 96.1 Å². The van der Waals surface area contributed by atoms with Gasteiger partial charge >= 0.3 is 6.09 Å². The van der Waals surface area contributed by atoms with Gasteiger partial charge in [-0.25, -0.2) is 9.78 Å². The van der Waals surface area contributed by atoms with Crippen molar-refractivity contribution in [3.63, 3.8) is 0 Å². The normalized spacial score (nSPS) is 11.8. The Labute approximate surface area is 167 Å². The number of ether oxygens (including phenoxy) is 1. The molecule has 7 nitrogen and oxygen atoms in total. The maximum Gasteiger partial charge on any atom is 0.408 e. The summed E-state index contributed by atoms with van der Waals surface area (Å²) in [4.78, 5) is 32.2. The second-order valence-corrected chi connectivity index (χ2v) is 7.40. The molecule has 0 fully saturated rings. The van der Waals surface area contributed by atoms with Crippen LogP contribution in [0.2, 0.25) is 0 Å². The molecule has 0 radical (unpaired) electrons. The third-order valence-corrected chi connectivity index (χ3v) is 4.80. The molecule has 0 spiro atoms. The Morgan fingerprint density at radius 1 is 1.18 bits per heavy atom. The Morgan fingerprint density at radius 2 is 1.96 bits per heavy atom.